The van der Waals surface area contributed by atoms with Gasteiger partial charge in [-0.2, -0.15) is 0 Å². The number of nitrogens with zero attached hydrogens (tertiary/aromatic N) is 1. The first-order valence-corrected chi connectivity index (χ1v) is 10.5. The second kappa shape index (κ2) is 8.37. The van der Waals surface area contributed by atoms with E-state index in [-0.39, 0.29) is 0 Å². The quantitative estimate of drug-likeness (QED) is 0.314. The summed E-state index contributed by atoms with van der Waals surface area (Å²) in [7, 11) is -0.722. The van der Waals surface area contributed by atoms with Gasteiger partial charge in [-0.05, 0) is 35.5 Å². The van der Waals surface area contributed by atoms with Crippen molar-refractivity contribution in [1.29, 1.82) is 0 Å². The molecule has 0 unspecified atom stereocenters. The zero-order valence-corrected chi connectivity index (χ0v) is 16.3. The van der Waals surface area contributed by atoms with Crippen molar-refractivity contribution in [2.45, 2.75) is 0 Å². The van der Waals surface area contributed by atoms with Crippen LogP contribution in [0.4, 0.5) is 5.69 Å². The second-order valence-corrected chi connectivity index (χ2v) is 8.63. The number of rotatable bonds is 5. The van der Waals surface area contributed by atoms with Gasteiger partial charge in [0.1, 0.15) is 0 Å². The molecule has 0 aliphatic carbocycles. The molecule has 0 amide bonds. The van der Waals surface area contributed by atoms with Crippen LogP contribution in [0.25, 0.3) is 11.1 Å². The normalized spacial score (nSPS) is 10.8. The maximum absolute atomic E-state index is 5.92. The van der Waals surface area contributed by atoms with Crippen molar-refractivity contribution < 1.29 is 0 Å². The van der Waals surface area contributed by atoms with E-state index in [1.165, 1.54) is 21.0 Å². The summed E-state index contributed by atoms with van der Waals surface area (Å²) in [5.41, 5.74) is 2.98. The molecule has 0 spiro atoms. The Hall–Kier alpha value is -2.97. The summed E-state index contributed by atoms with van der Waals surface area (Å²) in [5.74, 6) is 11.8. The number of nitrogens with two attached hydrogens (primary N) is 2. The Balaban J connectivity index is 1.95. The van der Waals surface area contributed by atoms with E-state index < -0.39 is 7.92 Å². The highest BCUT2D eigenvalue weighted by Gasteiger charge is 2.21. The van der Waals surface area contributed by atoms with Crippen LogP contribution < -0.4 is 32.7 Å². The van der Waals surface area contributed by atoms with Crippen molar-refractivity contribution in [3.05, 3.63) is 109 Å². The SMILES string of the molecule is NN(N)c1ccccc1-c1ccccc1P(c1ccccc1)c1ccccc1. The molecule has 0 aromatic heterocycles. The van der Waals surface area contributed by atoms with E-state index in [1.54, 1.807) is 0 Å². The van der Waals surface area contributed by atoms with Crippen LogP contribution in [0.1, 0.15) is 0 Å². The van der Waals surface area contributed by atoms with Gasteiger partial charge in [0.05, 0.1) is 5.69 Å². The molecule has 4 rings (SSSR count). The summed E-state index contributed by atoms with van der Waals surface area (Å²) >= 11 is 0. The average molecular weight is 383 g/mol. The maximum atomic E-state index is 5.92. The topological polar surface area (TPSA) is 55.3 Å². The summed E-state index contributed by atoms with van der Waals surface area (Å²) in [6.45, 7) is 0. The summed E-state index contributed by atoms with van der Waals surface area (Å²) in [6, 6.07) is 37.9. The van der Waals surface area contributed by atoms with Crippen LogP contribution in [0.15, 0.2) is 109 Å². The highest BCUT2D eigenvalue weighted by Crippen LogP contribution is 2.38. The molecule has 0 aliphatic rings. The third kappa shape index (κ3) is 3.69. The zero-order chi connectivity index (χ0) is 19.3. The van der Waals surface area contributed by atoms with Crippen molar-refractivity contribution in [3.8, 4) is 11.1 Å². The van der Waals surface area contributed by atoms with E-state index in [9.17, 15) is 0 Å². The Morgan fingerprint density at radius 2 is 0.964 bits per heavy atom. The van der Waals surface area contributed by atoms with Crippen LogP contribution in [0.3, 0.4) is 0 Å². The lowest BCUT2D eigenvalue weighted by Gasteiger charge is -2.24. The standard InChI is InChI=1S/C24H22N3P/c25-27(26)23-17-9-7-15-21(23)22-16-8-10-18-24(22)28(19-11-3-1-4-12-19)20-13-5-2-6-14-20/h1-18H,25-26H2. The van der Waals surface area contributed by atoms with Gasteiger partial charge in [-0.25, -0.2) is 16.8 Å². The molecule has 0 fully saturated rings. The van der Waals surface area contributed by atoms with Crippen molar-refractivity contribution in [2.75, 3.05) is 5.12 Å². The first kappa shape index (κ1) is 18.4. The van der Waals surface area contributed by atoms with Gasteiger partial charge >= 0.3 is 0 Å². The number of anilines is 1. The predicted octanol–water partition coefficient (Wildman–Crippen LogP) is 3.67. The fourth-order valence-corrected chi connectivity index (χ4v) is 5.87. The monoisotopic (exact) mass is 383 g/mol. The van der Waals surface area contributed by atoms with Gasteiger partial charge < -0.3 is 0 Å². The molecule has 4 aromatic carbocycles. The van der Waals surface area contributed by atoms with Crippen LogP contribution >= 0.6 is 7.92 Å². The largest absolute Gasteiger partial charge is 0.246 e. The van der Waals surface area contributed by atoms with Crippen molar-refractivity contribution in [1.82, 2.24) is 0 Å². The van der Waals surface area contributed by atoms with Gasteiger partial charge in [0, 0.05) is 5.56 Å². The van der Waals surface area contributed by atoms with E-state index in [1.807, 2.05) is 18.2 Å². The number of hydrazine groups is 2. The first-order valence-electron chi connectivity index (χ1n) is 9.14. The van der Waals surface area contributed by atoms with Gasteiger partial charge in [0.15, 0.2) is 0 Å². The molecule has 4 N–H and O–H groups in total. The van der Waals surface area contributed by atoms with Gasteiger partial charge in [-0.3, -0.25) is 0 Å². The van der Waals surface area contributed by atoms with E-state index in [0.29, 0.717) is 0 Å². The van der Waals surface area contributed by atoms with E-state index >= 15 is 0 Å². The summed E-state index contributed by atoms with van der Waals surface area (Å²) in [6.07, 6.45) is 0. The van der Waals surface area contributed by atoms with Gasteiger partial charge in [-0.15, -0.1) is 0 Å². The Kier molecular flexibility index (Phi) is 5.50. The van der Waals surface area contributed by atoms with Crippen molar-refractivity contribution in [3.63, 3.8) is 0 Å². The molecule has 4 aromatic rings. The Morgan fingerprint density at radius 3 is 1.54 bits per heavy atom. The fourth-order valence-electron chi connectivity index (χ4n) is 3.40. The van der Waals surface area contributed by atoms with Crippen LogP contribution in [-0.4, -0.2) is 0 Å². The Morgan fingerprint density at radius 1 is 0.500 bits per heavy atom. The first-order chi connectivity index (χ1) is 13.8. The molecule has 0 heterocycles. The van der Waals surface area contributed by atoms with E-state index in [0.717, 1.165) is 16.8 Å². The Labute approximate surface area is 166 Å². The van der Waals surface area contributed by atoms with Crippen molar-refractivity contribution in [2.24, 2.45) is 11.7 Å². The number of hydrogen-bond acceptors (Lipinski definition) is 3. The fraction of sp³-hybridized carbons (Fsp3) is 0. The van der Waals surface area contributed by atoms with Crippen LogP contribution in [0.5, 0.6) is 0 Å². The third-order valence-corrected chi connectivity index (χ3v) is 7.15. The molecule has 0 bridgehead atoms. The molecule has 0 atom stereocenters. The highest BCUT2D eigenvalue weighted by molar-refractivity contribution is 7.80. The molecule has 138 valence electrons. The average Bonchev–Trinajstić information content (AvgIpc) is 2.76. The summed E-state index contributed by atoms with van der Waals surface area (Å²) < 4.78 is 0. The molecular weight excluding hydrogens is 361 g/mol. The molecular formula is C24H22N3P. The molecule has 0 saturated heterocycles. The van der Waals surface area contributed by atoms with Gasteiger partial charge in [-0.1, -0.05) is 103 Å². The zero-order valence-electron chi connectivity index (χ0n) is 15.4. The number of hydrogen-bond donors (Lipinski definition) is 2. The molecule has 3 nitrogen and oxygen atoms in total. The van der Waals surface area contributed by atoms with Crippen molar-refractivity contribution >= 4 is 29.5 Å². The Bertz CT molecular complexity index is 1010. The van der Waals surface area contributed by atoms with E-state index in [2.05, 4.69) is 91.0 Å². The van der Waals surface area contributed by atoms with Crippen LogP contribution in [0.2, 0.25) is 0 Å². The lowest BCUT2D eigenvalue weighted by atomic mass is 10.0. The molecule has 0 saturated carbocycles. The lowest BCUT2D eigenvalue weighted by Crippen LogP contribution is -2.38. The van der Waals surface area contributed by atoms with E-state index in [4.69, 9.17) is 11.7 Å². The maximum Gasteiger partial charge on any atom is 0.0775 e. The smallest absolute Gasteiger partial charge is 0.0775 e. The van der Waals surface area contributed by atoms with Gasteiger partial charge in [0.25, 0.3) is 0 Å². The summed E-state index contributed by atoms with van der Waals surface area (Å²) in [4.78, 5) is 0. The number of para-hydroxylation sites is 1. The minimum Gasteiger partial charge on any atom is -0.246 e. The van der Waals surface area contributed by atoms with Crippen LogP contribution in [0, 0.1) is 0 Å². The second-order valence-electron chi connectivity index (χ2n) is 6.45. The molecule has 0 radical (unpaired) electrons. The molecule has 4 heteroatoms. The summed E-state index contributed by atoms with van der Waals surface area (Å²) in [5, 5.41) is 5.10. The lowest BCUT2D eigenvalue weighted by molar-refractivity contribution is 0.926. The molecule has 28 heavy (non-hydrogen) atoms. The minimum absolute atomic E-state index is 0.722. The van der Waals surface area contributed by atoms with Gasteiger partial charge in [0.2, 0.25) is 0 Å². The minimum atomic E-state index is -0.722. The highest BCUT2D eigenvalue weighted by atomic mass is 31.1. The third-order valence-electron chi connectivity index (χ3n) is 4.65. The molecule has 0 aliphatic heterocycles. The van der Waals surface area contributed by atoms with Crippen LogP contribution in [-0.2, 0) is 0 Å². The predicted molar refractivity (Wildman–Crippen MR) is 121 cm³/mol. The number of benzene rings is 4.